The Labute approximate surface area is 86.7 Å². The molecule has 1 unspecified atom stereocenters. The predicted octanol–water partition coefficient (Wildman–Crippen LogP) is 1.80. The number of nitrogens with zero attached hydrogens (tertiary/aromatic N) is 1. The molecule has 2 aliphatic rings. The Kier molecular flexibility index (Phi) is 3.61. The van der Waals surface area contributed by atoms with Gasteiger partial charge in [-0.05, 0) is 39.5 Å². The van der Waals surface area contributed by atoms with Gasteiger partial charge in [0.2, 0.25) is 0 Å². The highest BCUT2D eigenvalue weighted by Gasteiger charge is 2.40. The summed E-state index contributed by atoms with van der Waals surface area (Å²) in [6.45, 7) is 4.53. The van der Waals surface area contributed by atoms with Gasteiger partial charge in [-0.15, -0.1) is 12.4 Å². The van der Waals surface area contributed by atoms with Crippen molar-refractivity contribution in [3.05, 3.63) is 0 Å². The summed E-state index contributed by atoms with van der Waals surface area (Å²) in [7, 11) is 0. The van der Waals surface area contributed by atoms with Crippen LogP contribution in [0.5, 0.6) is 0 Å². The summed E-state index contributed by atoms with van der Waals surface area (Å²) in [4.78, 5) is 2.60. The van der Waals surface area contributed by atoms with Gasteiger partial charge >= 0.3 is 0 Å². The molecule has 1 N–H and O–H groups in total. The summed E-state index contributed by atoms with van der Waals surface area (Å²) in [6, 6.07) is 2.02. The summed E-state index contributed by atoms with van der Waals surface area (Å²) in [6.07, 6.45) is 4.61. The maximum atomic E-state index is 9.56. The summed E-state index contributed by atoms with van der Waals surface area (Å²) in [5.41, 5.74) is 0. The van der Waals surface area contributed by atoms with Crippen LogP contribution in [-0.2, 0) is 0 Å². The smallest absolute Gasteiger partial charge is 0.0570 e. The molecule has 2 saturated heterocycles. The first-order valence-electron chi connectivity index (χ1n) is 5.14. The van der Waals surface area contributed by atoms with Crippen molar-refractivity contribution in [1.29, 1.82) is 0 Å². The molecule has 2 aliphatic heterocycles. The van der Waals surface area contributed by atoms with Crippen molar-refractivity contribution in [2.24, 2.45) is 0 Å². The number of halogens is 1. The molecule has 2 bridgehead atoms. The number of fused-ring (bicyclic) bond motifs is 2. The van der Waals surface area contributed by atoms with Gasteiger partial charge in [0.1, 0.15) is 0 Å². The molecule has 3 heteroatoms. The van der Waals surface area contributed by atoms with Crippen LogP contribution in [0.1, 0.15) is 39.5 Å². The van der Waals surface area contributed by atoms with Gasteiger partial charge in [0.05, 0.1) is 6.10 Å². The molecule has 0 aromatic heterocycles. The van der Waals surface area contributed by atoms with Crippen molar-refractivity contribution < 1.29 is 5.11 Å². The van der Waals surface area contributed by atoms with E-state index in [1.54, 1.807) is 0 Å². The zero-order valence-electron chi connectivity index (χ0n) is 8.44. The van der Waals surface area contributed by atoms with E-state index in [0.717, 1.165) is 12.8 Å². The third kappa shape index (κ3) is 2.00. The molecule has 0 aromatic rings. The fourth-order valence-corrected chi connectivity index (χ4v) is 3.03. The fourth-order valence-electron chi connectivity index (χ4n) is 3.03. The fraction of sp³-hybridized carbons (Fsp3) is 1.00. The van der Waals surface area contributed by atoms with Crippen LogP contribution in [0.15, 0.2) is 0 Å². The predicted molar refractivity (Wildman–Crippen MR) is 56.3 cm³/mol. The first kappa shape index (κ1) is 11.3. The minimum atomic E-state index is -0.0162. The second kappa shape index (κ2) is 4.16. The molecule has 0 aliphatic carbocycles. The monoisotopic (exact) mass is 205 g/mol. The van der Waals surface area contributed by atoms with Gasteiger partial charge in [-0.25, -0.2) is 0 Å². The molecule has 0 spiro atoms. The third-order valence-corrected chi connectivity index (χ3v) is 3.36. The van der Waals surface area contributed by atoms with E-state index < -0.39 is 0 Å². The molecule has 2 fully saturated rings. The summed E-state index contributed by atoms with van der Waals surface area (Å²) in [5, 5.41) is 9.56. The molecular weight excluding hydrogens is 186 g/mol. The Hall–Kier alpha value is 0.210. The number of hydrogen-bond acceptors (Lipinski definition) is 2. The van der Waals surface area contributed by atoms with E-state index in [4.69, 9.17) is 0 Å². The summed E-state index contributed by atoms with van der Waals surface area (Å²) < 4.78 is 0. The molecule has 0 saturated carbocycles. The first-order chi connectivity index (χ1) is 5.68. The van der Waals surface area contributed by atoms with Gasteiger partial charge in [0.25, 0.3) is 0 Å². The molecule has 0 aromatic carbocycles. The number of hydrogen-bond donors (Lipinski definition) is 1. The standard InChI is InChI=1S/C10H19NO.ClH/c1-7(2)11-8-3-4-9(11)6-10(12)5-8;/h7-10,12H,3-6H2,1-2H3;1H/t8-,9+,10?;. The summed E-state index contributed by atoms with van der Waals surface area (Å²) in [5.74, 6) is 0. The molecule has 2 heterocycles. The van der Waals surface area contributed by atoms with Gasteiger partial charge in [0.15, 0.2) is 0 Å². The normalized spacial score (nSPS) is 39.2. The highest BCUT2D eigenvalue weighted by Crippen LogP contribution is 2.36. The maximum Gasteiger partial charge on any atom is 0.0570 e. The van der Waals surface area contributed by atoms with Crippen LogP contribution in [0.2, 0.25) is 0 Å². The van der Waals surface area contributed by atoms with E-state index in [2.05, 4.69) is 18.7 Å². The van der Waals surface area contributed by atoms with Crippen molar-refractivity contribution in [3.63, 3.8) is 0 Å². The Morgan fingerprint density at radius 1 is 1.15 bits per heavy atom. The molecular formula is C10H20ClNO. The van der Waals surface area contributed by atoms with Crippen LogP contribution in [0, 0.1) is 0 Å². The zero-order chi connectivity index (χ0) is 8.72. The lowest BCUT2D eigenvalue weighted by atomic mass is 9.98. The molecule has 0 amide bonds. The number of piperidine rings is 1. The van der Waals surface area contributed by atoms with Crippen molar-refractivity contribution >= 4 is 12.4 Å². The van der Waals surface area contributed by atoms with Crippen LogP contribution < -0.4 is 0 Å². The number of rotatable bonds is 1. The van der Waals surface area contributed by atoms with Crippen LogP contribution in [0.3, 0.4) is 0 Å². The topological polar surface area (TPSA) is 23.5 Å². The Bertz CT molecular complexity index is 160. The Balaban J connectivity index is 0.000000845. The maximum absolute atomic E-state index is 9.56. The average molecular weight is 206 g/mol. The van der Waals surface area contributed by atoms with Crippen LogP contribution in [0.25, 0.3) is 0 Å². The first-order valence-corrected chi connectivity index (χ1v) is 5.14. The van der Waals surface area contributed by atoms with Crippen molar-refractivity contribution in [2.75, 3.05) is 0 Å². The van der Waals surface area contributed by atoms with E-state index in [9.17, 15) is 5.11 Å². The van der Waals surface area contributed by atoms with E-state index in [1.165, 1.54) is 12.8 Å². The largest absolute Gasteiger partial charge is 0.393 e. The molecule has 3 atom stereocenters. The quantitative estimate of drug-likeness (QED) is 0.706. The van der Waals surface area contributed by atoms with Gasteiger partial charge in [-0.1, -0.05) is 0 Å². The van der Waals surface area contributed by atoms with Crippen LogP contribution in [-0.4, -0.2) is 34.2 Å². The van der Waals surface area contributed by atoms with Gasteiger partial charge < -0.3 is 5.11 Å². The highest BCUT2D eigenvalue weighted by atomic mass is 35.5. The lowest BCUT2D eigenvalue weighted by Crippen LogP contribution is -2.48. The Morgan fingerprint density at radius 2 is 1.62 bits per heavy atom. The van der Waals surface area contributed by atoms with Gasteiger partial charge in [0, 0.05) is 18.1 Å². The summed E-state index contributed by atoms with van der Waals surface area (Å²) >= 11 is 0. The molecule has 0 radical (unpaired) electrons. The molecule has 2 rings (SSSR count). The zero-order valence-corrected chi connectivity index (χ0v) is 9.26. The highest BCUT2D eigenvalue weighted by molar-refractivity contribution is 5.85. The molecule has 78 valence electrons. The lowest BCUT2D eigenvalue weighted by molar-refractivity contribution is 0.0187. The Morgan fingerprint density at radius 3 is 2.00 bits per heavy atom. The van der Waals surface area contributed by atoms with E-state index in [1.807, 2.05) is 0 Å². The van der Waals surface area contributed by atoms with Gasteiger partial charge in [-0.3, -0.25) is 4.90 Å². The van der Waals surface area contributed by atoms with Crippen molar-refractivity contribution in [3.8, 4) is 0 Å². The van der Waals surface area contributed by atoms with E-state index in [0.29, 0.717) is 18.1 Å². The average Bonchev–Trinajstić information content (AvgIpc) is 2.24. The van der Waals surface area contributed by atoms with Crippen molar-refractivity contribution in [1.82, 2.24) is 4.90 Å². The molecule has 13 heavy (non-hydrogen) atoms. The number of aliphatic hydroxyl groups is 1. The van der Waals surface area contributed by atoms with Crippen LogP contribution in [0.4, 0.5) is 0 Å². The lowest BCUT2D eigenvalue weighted by Gasteiger charge is -2.39. The van der Waals surface area contributed by atoms with Crippen LogP contribution >= 0.6 is 12.4 Å². The minimum Gasteiger partial charge on any atom is -0.393 e. The van der Waals surface area contributed by atoms with E-state index in [-0.39, 0.29) is 18.5 Å². The van der Waals surface area contributed by atoms with E-state index >= 15 is 0 Å². The molecule has 2 nitrogen and oxygen atoms in total. The second-order valence-electron chi connectivity index (χ2n) is 4.55. The van der Waals surface area contributed by atoms with Crippen molar-refractivity contribution in [2.45, 2.75) is 63.8 Å². The minimum absolute atomic E-state index is 0. The van der Waals surface area contributed by atoms with Gasteiger partial charge in [-0.2, -0.15) is 0 Å². The SMILES string of the molecule is CC(C)N1[C@@H]2CC[C@H]1CC(O)C2.Cl. The third-order valence-electron chi connectivity index (χ3n) is 3.36. The second-order valence-corrected chi connectivity index (χ2v) is 4.55. The number of aliphatic hydroxyl groups excluding tert-OH is 1.